The summed E-state index contributed by atoms with van der Waals surface area (Å²) in [6.45, 7) is 1.50. The van der Waals surface area contributed by atoms with Crippen LogP contribution in [-0.2, 0) is 14.3 Å². The van der Waals surface area contributed by atoms with Gasteiger partial charge in [0, 0.05) is 23.9 Å². The van der Waals surface area contributed by atoms with Gasteiger partial charge in [-0.05, 0) is 43.2 Å². The number of nitrogens with zero attached hydrogens (tertiary/aromatic N) is 1. The molecule has 1 aromatic heterocycles. The summed E-state index contributed by atoms with van der Waals surface area (Å²) >= 11 is 0. The number of hydrogen-bond donors (Lipinski definition) is 4. The molecular formula is C21H22N4O6. The van der Waals surface area contributed by atoms with Gasteiger partial charge in [-0.25, -0.2) is 9.59 Å². The third kappa shape index (κ3) is 5.16. The lowest BCUT2D eigenvalue weighted by atomic mass is 9.94. The first-order valence-corrected chi connectivity index (χ1v) is 9.57. The SMILES string of the molecule is COC(=O)Nc1ccc2c(c1)NC(=O)[C@H](C)C(=O)CC[C@H](NC(=O)O)c1cc-2ccn1. The Labute approximate surface area is 178 Å². The maximum Gasteiger partial charge on any atom is 0.411 e. The number of carboxylic acid groups (broad SMARTS) is 1. The zero-order chi connectivity index (χ0) is 22.5. The van der Waals surface area contributed by atoms with Gasteiger partial charge in [0.1, 0.15) is 5.78 Å². The Balaban J connectivity index is 2.12. The molecule has 162 valence electrons. The van der Waals surface area contributed by atoms with Crippen LogP contribution in [0.1, 0.15) is 31.5 Å². The van der Waals surface area contributed by atoms with Crippen LogP contribution in [0.5, 0.6) is 0 Å². The average molecular weight is 426 g/mol. The Kier molecular flexibility index (Phi) is 6.49. The van der Waals surface area contributed by atoms with Crippen LogP contribution in [0, 0.1) is 5.92 Å². The van der Waals surface area contributed by atoms with Crippen LogP contribution in [0.2, 0.25) is 0 Å². The molecular weight excluding hydrogens is 404 g/mol. The van der Waals surface area contributed by atoms with Gasteiger partial charge in [0.25, 0.3) is 0 Å². The van der Waals surface area contributed by atoms with Crippen LogP contribution in [-0.4, -0.2) is 41.1 Å². The van der Waals surface area contributed by atoms with E-state index in [2.05, 4.69) is 25.7 Å². The highest BCUT2D eigenvalue weighted by Crippen LogP contribution is 2.33. The number of ether oxygens (including phenoxy) is 1. The number of nitrogens with one attached hydrogen (secondary N) is 3. The van der Waals surface area contributed by atoms with Crippen molar-refractivity contribution in [1.82, 2.24) is 10.3 Å². The van der Waals surface area contributed by atoms with Crippen LogP contribution in [0.3, 0.4) is 0 Å². The van der Waals surface area contributed by atoms with E-state index in [0.717, 1.165) is 0 Å². The van der Waals surface area contributed by atoms with Crippen molar-refractivity contribution in [2.24, 2.45) is 5.92 Å². The summed E-state index contributed by atoms with van der Waals surface area (Å²) in [6, 6.07) is 7.60. The van der Waals surface area contributed by atoms with E-state index in [1.807, 2.05) is 0 Å². The Morgan fingerprint density at radius 2 is 2.00 bits per heavy atom. The molecule has 0 saturated carbocycles. The summed E-state index contributed by atoms with van der Waals surface area (Å²) in [4.78, 5) is 52.3. The standard InChI is InChI=1S/C21H22N4O6/c1-11-18(26)6-5-15(25-20(28)29)17-9-12(7-8-22-17)14-4-3-13(23-21(30)31-2)10-16(14)24-19(11)27/h3-4,7-11,15,25H,5-6H2,1-2H3,(H,23,30)(H,24,27)(H,28,29)/t11-,15+/m1/s1. The Morgan fingerprint density at radius 3 is 2.71 bits per heavy atom. The second kappa shape index (κ2) is 9.24. The summed E-state index contributed by atoms with van der Waals surface area (Å²) < 4.78 is 4.60. The fraction of sp³-hybridized carbons (Fsp3) is 0.286. The van der Waals surface area contributed by atoms with E-state index in [4.69, 9.17) is 0 Å². The second-order valence-electron chi connectivity index (χ2n) is 7.06. The number of Topliss-reactive ketones (excluding diaryl/α,β-unsaturated/α-hetero) is 1. The van der Waals surface area contributed by atoms with Crippen molar-refractivity contribution < 1.29 is 29.0 Å². The van der Waals surface area contributed by atoms with Crippen molar-refractivity contribution in [3.05, 3.63) is 42.2 Å². The molecule has 0 aliphatic carbocycles. The maximum atomic E-state index is 12.7. The first-order valence-electron chi connectivity index (χ1n) is 9.57. The smallest absolute Gasteiger partial charge is 0.411 e. The highest BCUT2D eigenvalue weighted by Gasteiger charge is 2.26. The molecule has 2 heterocycles. The van der Waals surface area contributed by atoms with E-state index in [1.54, 1.807) is 30.3 Å². The van der Waals surface area contributed by atoms with Gasteiger partial charge in [-0.3, -0.25) is 19.9 Å². The van der Waals surface area contributed by atoms with Crippen molar-refractivity contribution in [2.45, 2.75) is 25.8 Å². The number of amides is 3. The lowest BCUT2D eigenvalue weighted by molar-refractivity contribution is -0.130. The molecule has 2 atom stereocenters. The predicted octanol–water partition coefficient (Wildman–Crippen LogP) is 3.17. The Morgan fingerprint density at radius 1 is 1.23 bits per heavy atom. The number of carbonyl (C=O) groups is 4. The van der Waals surface area contributed by atoms with E-state index in [0.29, 0.717) is 28.2 Å². The van der Waals surface area contributed by atoms with Gasteiger partial charge in [-0.1, -0.05) is 6.07 Å². The van der Waals surface area contributed by atoms with E-state index in [9.17, 15) is 24.3 Å². The number of methoxy groups -OCH3 is 1. The highest BCUT2D eigenvalue weighted by molar-refractivity contribution is 6.08. The molecule has 3 amide bonds. The quantitative estimate of drug-likeness (QED) is 0.539. The zero-order valence-electron chi connectivity index (χ0n) is 17.0. The molecule has 31 heavy (non-hydrogen) atoms. The van der Waals surface area contributed by atoms with E-state index in [1.165, 1.54) is 20.2 Å². The van der Waals surface area contributed by atoms with Gasteiger partial charge >= 0.3 is 12.2 Å². The molecule has 0 saturated heterocycles. The maximum absolute atomic E-state index is 12.7. The predicted molar refractivity (Wildman–Crippen MR) is 112 cm³/mol. The molecule has 1 aliphatic rings. The number of pyridine rings is 1. The lowest BCUT2D eigenvalue weighted by Crippen LogP contribution is -2.31. The number of ketones is 1. The minimum Gasteiger partial charge on any atom is -0.465 e. The van der Waals surface area contributed by atoms with Gasteiger partial charge in [0.15, 0.2) is 0 Å². The van der Waals surface area contributed by atoms with Crippen molar-refractivity contribution in [1.29, 1.82) is 0 Å². The molecule has 0 radical (unpaired) electrons. The zero-order valence-corrected chi connectivity index (χ0v) is 17.0. The van der Waals surface area contributed by atoms with Gasteiger partial charge in [0.2, 0.25) is 5.91 Å². The summed E-state index contributed by atoms with van der Waals surface area (Å²) in [6.07, 6.45) is -0.196. The molecule has 0 fully saturated rings. The van der Waals surface area contributed by atoms with Crippen molar-refractivity contribution in [2.75, 3.05) is 17.7 Å². The number of rotatable bonds is 2. The summed E-state index contributed by atoms with van der Waals surface area (Å²) in [5.41, 5.74) is 2.51. The van der Waals surface area contributed by atoms with Crippen molar-refractivity contribution in [3.8, 4) is 11.1 Å². The van der Waals surface area contributed by atoms with Gasteiger partial charge in [0.05, 0.1) is 30.5 Å². The molecule has 10 heteroatoms. The Hall–Kier alpha value is -3.95. The van der Waals surface area contributed by atoms with Crippen LogP contribution in [0.25, 0.3) is 11.1 Å². The van der Waals surface area contributed by atoms with Crippen LogP contribution in [0.15, 0.2) is 36.5 Å². The monoisotopic (exact) mass is 426 g/mol. The number of aromatic nitrogens is 1. The van der Waals surface area contributed by atoms with E-state index in [-0.39, 0.29) is 18.6 Å². The molecule has 0 spiro atoms. The topological polar surface area (TPSA) is 147 Å². The molecule has 4 N–H and O–H groups in total. The molecule has 2 aromatic rings. The molecule has 10 nitrogen and oxygen atoms in total. The summed E-state index contributed by atoms with van der Waals surface area (Å²) in [5, 5.41) is 16.9. The van der Waals surface area contributed by atoms with Crippen LogP contribution < -0.4 is 16.0 Å². The van der Waals surface area contributed by atoms with Gasteiger partial charge in [-0.2, -0.15) is 0 Å². The summed E-state index contributed by atoms with van der Waals surface area (Å²) in [5.74, 6) is -1.77. The van der Waals surface area contributed by atoms with Crippen LogP contribution >= 0.6 is 0 Å². The molecule has 0 unspecified atom stereocenters. The largest absolute Gasteiger partial charge is 0.465 e. The minimum atomic E-state index is -1.23. The average Bonchev–Trinajstić information content (AvgIpc) is 2.75. The lowest BCUT2D eigenvalue weighted by Gasteiger charge is -2.21. The molecule has 2 bridgehead atoms. The van der Waals surface area contributed by atoms with E-state index >= 15 is 0 Å². The number of fused-ring (bicyclic) bond motifs is 4. The Bertz CT molecular complexity index is 1040. The number of carbonyl (C=O) groups excluding carboxylic acids is 3. The second-order valence-corrected chi connectivity index (χ2v) is 7.06. The molecule has 1 aromatic carbocycles. The van der Waals surface area contributed by atoms with Crippen LogP contribution in [0.4, 0.5) is 21.0 Å². The number of benzene rings is 1. The third-order valence-corrected chi connectivity index (χ3v) is 5.01. The minimum absolute atomic E-state index is 0.00222. The van der Waals surface area contributed by atoms with Gasteiger partial charge < -0.3 is 20.5 Å². The third-order valence-electron chi connectivity index (χ3n) is 5.01. The molecule has 1 aliphatic heterocycles. The van der Waals surface area contributed by atoms with Crippen molar-refractivity contribution >= 4 is 35.3 Å². The fourth-order valence-corrected chi connectivity index (χ4v) is 3.29. The summed E-state index contributed by atoms with van der Waals surface area (Å²) in [7, 11) is 1.23. The number of anilines is 2. The molecule has 3 rings (SSSR count). The first-order chi connectivity index (χ1) is 14.8. The normalized spacial score (nSPS) is 18.5. The van der Waals surface area contributed by atoms with Crippen molar-refractivity contribution in [3.63, 3.8) is 0 Å². The van der Waals surface area contributed by atoms with E-state index < -0.39 is 30.1 Å². The van der Waals surface area contributed by atoms with Gasteiger partial charge in [-0.15, -0.1) is 0 Å². The highest BCUT2D eigenvalue weighted by atomic mass is 16.5. The number of hydrogen-bond acceptors (Lipinski definition) is 6. The first kappa shape index (κ1) is 21.8. The fourth-order valence-electron chi connectivity index (χ4n) is 3.29.